The van der Waals surface area contributed by atoms with E-state index in [-0.39, 0.29) is 17.6 Å². The minimum absolute atomic E-state index is 0.00354. The molecule has 1 aromatic carbocycles. The number of benzene rings is 1. The lowest BCUT2D eigenvalue weighted by atomic mass is 10.1. The number of amides is 2. The molecule has 1 saturated heterocycles. The summed E-state index contributed by atoms with van der Waals surface area (Å²) in [5, 5.41) is 0. The van der Waals surface area contributed by atoms with Crippen molar-refractivity contribution in [2.24, 2.45) is 5.73 Å². The zero-order valence-electron chi connectivity index (χ0n) is 14.3. The largest absolute Gasteiger partial charge is 0.364 e. The number of carbonyl (C=O) groups is 2. The van der Waals surface area contributed by atoms with E-state index in [1.807, 2.05) is 11.9 Å². The molecule has 0 bridgehead atoms. The average molecular weight is 339 g/mol. The van der Waals surface area contributed by atoms with Gasteiger partial charge in [0.25, 0.3) is 11.8 Å². The van der Waals surface area contributed by atoms with Crippen molar-refractivity contribution in [3.05, 3.63) is 47.9 Å². The molecule has 1 aliphatic rings. The van der Waals surface area contributed by atoms with Crippen LogP contribution in [0.5, 0.6) is 0 Å². The number of nitrogens with two attached hydrogens (primary N) is 1. The van der Waals surface area contributed by atoms with Crippen LogP contribution in [0.2, 0.25) is 0 Å². The lowest BCUT2D eigenvalue weighted by Gasteiger charge is -2.24. The smallest absolute Gasteiger partial charge is 0.268 e. The Morgan fingerprint density at radius 1 is 1.24 bits per heavy atom. The summed E-state index contributed by atoms with van der Waals surface area (Å²) in [4.78, 5) is 36.1. The quantitative estimate of drug-likeness (QED) is 0.898. The van der Waals surface area contributed by atoms with Crippen LogP contribution in [0.15, 0.2) is 36.7 Å². The summed E-state index contributed by atoms with van der Waals surface area (Å²) in [7, 11) is 3.91. The molecule has 0 saturated carbocycles. The highest BCUT2D eigenvalue weighted by molar-refractivity contribution is 5.95. The Labute approximate surface area is 146 Å². The van der Waals surface area contributed by atoms with Crippen molar-refractivity contribution in [1.82, 2.24) is 19.8 Å². The minimum atomic E-state index is -0.621. The molecule has 130 valence electrons. The molecule has 1 aromatic heterocycles. The molecule has 0 radical (unpaired) electrons. The first-order valence-electron chi connectivity index (χ1n) is 8.13. The number of rotatable bonds is 4. The first kappa shape index (κ1) is 17.0. The van der Waals surface area contributed by atoms with Gasteiger partial charge in [0.05, 0.1) is 18.1 Å². The van der Waals surface area contributed by atoms with Gasteiger partial charge in [-0.2, -0.15) is 0 Å². The zero-order chi connectivity index (χ0) is 18.0. The topological polar surface area (TPSA) is 92.4 Å². The van der Waals surface area contributed by atoms with Crippen molar-refractivity contribution in [2.75, 3.05) is 27.2 Å². The van der Waals surface area contributed by atoms with Crippen LogP contribution in [-0.4, -0.2) is 64.8 Å². The third-order valence-corrected chi connectivity index (χ3v) is 4.55. The van der Waals surface area contributed by atoms with Crippen LogP contribution < -0.4 is 5.73 Å². The molecule has 0 spiro atoms. The van der Waals surface area contributed by atoms with Gasteiger partial charge in [-0.25, -0.2) is 4.98 Å². The number of carbonyl (C=O) groups excluding carboxylic acids is 2. The predicted molar refractivity (Wildman–Crippen MR) is 94.0 cm³/mol. The van der Waals surface area contributed by atoms with Gasteiger partial charge >= 0.3 is 0 Å². The van der Waals surface area contributed by atoms with Crippen molar-refractivity contribution in [3.63, 3.8) is 0 Å². The summed E-state index contributed by atoms with van der Waals surface area (Å²) >= 11 is 0. The highest BCUT2D eigenvalue weighted by Gasteiger charge is 2.26. The number of hydrogen-bond acceptors (Lipinski definition) is 5. The first-order valence-corrected chi connectivity index (χ1v) is 8.13. The molecule has 2 heterocycles. The second-order valence-corrected chi connectivity index (χ2v) is 6.35. The second kappa shape index (κ2) is 6.98. The maximum Gasteiger partial charge on any atom is 0.268 e. The summed E-state index contributed by atoms with van der Waals surface area (Å²) in [6.45, 7) is 1.91. The van der Waals surface area contributed by atoms with Crippen LogP contribution in [0, 0.1) is 0 Å². The molecule has 2 amide bonds. The molecule has 2 aromatic rings. The highest BCUT2D eigenvalue weighted by Crippen LogP contribution is 2.19. The van der Waals surface area contributed by atoms with Gasteiger partial charge in [-0.1, -0.05) is 12.1 Å². The summed E-state index contributed by atoms with van der Waals surface area (Å²) in [6, 6.07) is 7.39. The van der Waals surface area contributed by atoms with E-state index in [0.29, 0.717) is 11.3 Å². The molecule has 2 N–H and O–H groups in total. The van der Waals surface area contributed by atoms with E-state index in [2.05, 4.69) is 21.9 Å². The van der Waals surface area contributed by atoms with E-state index >= 15 is 0 Å². The van der Waals surface area contributed by atoms with Crippen LogP contribution in [-0.2, 0) is 0 Å². The van der Waals surface area contributed by atoms with Crippen molar-refractivity contribution < 1.29 is 9.59 Å². The number of nitrogens with zero attached hydrogens (tertiary/aromatic N) is 4. The molecular formula is C18H21N5O2. The molecule has 25 heavy (non-hydrogen) atoms. The molecular weight excluding hydrogens is 318 g/mol. The zero-order valence-corrected chi connectivity index (χ0v) is 14.3. The van der Waals surface area contributed by atoms with Crippen LogP contribution in [0.4, 0.5) is 0 Å². The molecule has 0 unspecified atom stereocenters. The SMILES string of the molecule is CN1CC[C@@H](N(C)C(=O)c2ccc(-c3cncc(C(N)=O)n3)cc2)C1. The van der Waals surface area contributed by atoms with Gasteiger partial charge in [0.1, 0.15) is 5.69 Å². The Balaban J connectivity index is 1.77. The van der Waals surface area contributed by atoms with Gasteiger partial charge in [-0.3, -0.25) is 14.6 Å². The Bertz CT molecular complexity index is 790. The second-order valence-electron chi connectivity index (χ2n) is 6.35. The Kier molecular flexibility index (Phi) is 4.76. The number of likely N-dealkylation sites (tertiary alicyclic amines) is 1. The van der Waals surface area contributed by atoms with E-state index in [1.54, 1.807) is 30.5 Å². The lowest BCUT2D eigenvalue weighted by molar-refractivity contribution is 0.0737. The fourth-order valence-electron chi connectivity index (χ4n) is 3.00. The summed E-state index contributed by atoms with van der Waals surface area (Å²) in [6.07, 6.45) is 3.88. The van der Waals surface area contributed by atoms with E-state index < -0.39 is 5.91 Å². The standard InChI is InChI=1S/C18H21N5O2/c1-22-8-7-14(11-22)23(2)18(25)13-5-3-12(4-6-13)15-9-20-10-16(21-15)17(19)24/h3-6,9-10,14H,7-8,11H2,1-2H3,(H2,19,24)/t14-/m1/s1. The Hall–Kier alpha value is -2.80. The van der Waals surface area contributed by atoms with E-state index in [4.69, 9.17) is 5.73 Å². The molecule has 1 fully saturated rings. The van der Waals surface area contributed by atoms with Gasteiger partial charge in [0, 0.05) is 30.8 Å². The van der Waals surface area contributed by atoms with Gasteiger partial charge in [0.15, 0.2) is 0 Å². The predicted octanol–water partition coefficient (Wildman–Crippen LogP) is 1.02. The number of aromatic nitrogens is 2. The van der Waals surface area contributed by atoms with Crippen molar-refractivity contribution in [3.8, 4) is 11.3 Å². The van der Waals surface area contributed by atoms with Crippen LogP contribution in [0.3, 0.4) is 0 Å². The van der Waals surface area contributed by atoms with Crippen LogP contribution in [0.1, 0.15) is 27.3 Å². The van der Waals surface area contributed by atoms with Gasteiger partial charge in [0.2, 0.25) is 0 Å². The van der Waals surface area contributed by atoms with Gasteiger partial charge in [-0.05, 0) is 32.1 Å². The van der Waals surface area contributed by atoms with Crippen molar-refractivity contribution >= 4 is 11.8 Å². The third-order valence-electron chi connectivity index (χ3n) is 4.55. The molecule has 7 heteroatoms. The normalized spacial score (nSPS) is 17.4. The number of likely N-dealkylation sites (N-methyl/N-ethyl adjacent to an activating group) is 2. The molecule has 0 aliphatic carbocycles. The number of primary amides is 1. The fraction of sp³-hybridized carbons (Fsp3) is 0.333. The lowest BCUT2D eigenvalue weighted by Crippen LogP contribution is -2.38. The Morgan fingerprint density at radius 3 is 2.56 bits per heavy atom. The molecule has 3 rings (SSSR count). The van der Waals surface area contributed by atoms with Crippen LogP contribution >= 0.6 is 0 Å². The Morgan fingerprint density at radius 2 is 1.96 bits per heavy atom. The fourth-order valence-corrected chi connectivity index (χ4v) is 3.00. The summed E-state index contributed by atoms with van der Waals surface area (Å²) in [5.41, 5.74) is 7.29. The first-order chi connectivity index (χ1) is 12.0. The van der Waals surface area contributed by atoms with E-state index in [0.717, 1.165) is 25.1 Å². The highest BCUT2D eigenvalue weighted by atomic mass is 16.2. The average Bonchev–Trinajstić information content (AvgIpc) is 3.07. The van der Waals surface area contributed by atoms with Crippen molar-refractivity contribution in [1.29, 1.82) is 0 Å². The molecule has 7 nitrogen and oxygen atoms in total. The van der Waals surface area contributed by atoms with Crippen LogP contribution in [0.25, 0.3) is 11.3 Å². The van der Waals surface area contributed by atoms with Gasteiger partial charge in [-0.15, -0.1) is 0 Å². The summed E-state index contributed by atoms with van der Waals surface area (Å²) < 4.78 is 0. The third kappa shape index (κ3) is 3.66. The minimum Gasteiger partial charge on any atom is -0.364 e. The summed E-state index contributed by atoms with van der Waals surface area (Å²) in [5.74, 6) is -0.617. The molecule has 1 aliphatic heterocycles. The monoisotopic (exact) mass is 339 g/mol. The van der Waals surface area contributed by atoms with E-state index in [1.165, 1.54) is 6.20 Å². The maximum absolute atomic E-state index is 12.6. The van der Waals surface area contributed by atoms with Crippen molar-refractivity contribution in [2.45, 2.75) is 12.5 Å². The number of hydrogen-bond donors (Lipinski definition) is 1. The molecule has 1 atom stereocenters. The van der Waals surface area contributed by atoms with Gasteiger partial charge < -0.3 is 15.5 Å². The maximum atomic E-state index is 12.6. The van der Waals surface area contributed by atoms with E-state index in [9.17, 15) is 9.59 Å².